The van der Waals surface area contributed by atoms with Gasteiger partial charge in [0.25, 0.3) is 0 Å². The fourth-order valence-corrected chi connectivity index (χ4v) is 2.71. The van der Waals surface area contributed by atoms with Gasteiger partial charge in [-0.1, -0.05) is 44.0 Å². The van der Waals surface area contributed by atoms with E-state index < -0.39 is 8.25 Å². The Balaban J connectivity index is 2.01. The summed E-state index contributed by atoms with van der Waals surface area (Å²) in [6.07, 6.45) is 0. The Labute approximate surface area is 122 Å². The minimum Gasteiger partial charge on any atom is -0.418 e. The van der Waals surface area contributed by atoms with E-state index >= 15 is 0 Å². The Morgan fingerprint density at radius 3 is 1.67 bits per heavy atom. The normalized spacial score (nSPS) is 10.4. The quantitative estimate of drug-likeness (QED) is 0.683. The summed E-state index contributed by atoms with van der Waals surface area (Å²) in [6, 6.07) is 14.2. The monoisotopic (exact) mass is 390 g/mol. The molecule has 94 valence electrons. The number of hydrogen-bond donors (Lipinski definition) is 0. The van der Waals surface area contributed by atoms with Crippen molar-refractivity contribution in [2.75, 3.05) is 0 Å². The lowest BCUT2D eigenvalue weighted by atomic mass is 10.3. The molecule has 0 fully saturated rings. The van der Waals surface area contributed by atoms with Gasteiger partial charge in [-0.05, 0) is 36.4 Å². The van der Waals surface area contributed by atoms with Gasteiger partial charge in [0.15, 0.2) is 0 Å². The van der Waals surface area contributed by atoms with Gasteiger partial charge < -0.3 is 9.05 Å². The predicted molar refractivity (Wildman–Crippen MR) is 78.5 cm³/mol. The van der Waals surface area contributed by atoms with E-state index in [2.05, 4.69) is 31.9 Å². The van der Waals surface area contributed by atoms with Crippen LogP contribution in [0, 0.1) is 0 Å². The van der Waals surface area contributed by atoms with Crippen molar-refractivity contribution in [1.29, 1.82) is 0 Å². The van der Waals surface area contributed by atoms with Crippen LogP contribution in [-0.2, 0) is 4.57 Å². The molecule has 0 aromatic heterocycles. The summed E-state index contributed by atoms with van der Waals surface area (Å²) in [5.74, 6) is 1.01. The van der Waals surface area contributed by atoms with Crippen molar-refractivity contribution in [2.24, 2.45) is 0 Å². The number of benzene rings is 2. The fraction of sp³-hybridized carbons (Fsp3) is 0. The molecule has 2 rings (SSSR count). The van der Waals surface area contributed by atoms with Crippen molar-refractivity contribution in [1.82, 2.24) is 0 Å². The van der Waals surface area contributed by atoms with Crippen LogP contribution in [0.1, 0.15) is 0 Å². The molecule has 0 atom stereocenters. The van der Waals surface area contributed by atoms with E-state index in [0.29, 0.717) is 11.5 Å². The molecule has 3 nitrogen and oxygen atoms in total. The molecule has 2 aromatic carbocycles. The van der Waals surface area contributed by atoms with E-state index in [0.717, 1.165) is 8.95 Å². The Kier molecular flexibility index (Phi) is 4.87. The van der Waals surface area contributed by atoms with Crippen LogP contribution in [0.15, 0.2) is 57.5 Å². The summed E-state index contributed by atoms with van der Waals surface area (Å²) in [7, 11) is -2.62. The molecule has 0 saturated heterocycles. The molecule has 2 aromatic rings. The van der Waals surface area contributed by atoms with Gasteiger partial charge in [-0.3, -0.25) is 0 Å². The third kappa shape index (κ3) is 4.16. The highest BCUT2D eigenvalue weighted by molar-refractivity contribution is 9.10. The second kappa shape index (κ2) is 6.41. The standard InChI is InChI=1S/C12H9Br2O3P/c13-9-3-1-5-11(7-9)16-18(15)17-12-6-2-4-10(14)8-12/h1-8,18H. The Morgan fingerprint density at radius 2 is 1.28 bits per heavy atom. The molecule has 0 spiro atoms. The Hall–Kier alpha value is -0.770. The van der Waals surface area contributed by atoms with E-state index in [1.807, 2.05) is 12.1 Å². The lowest BCUT2D eigenvalue weighted by Gasteiger charge is -2.08. The molecule has 0 heterocycles. The minimum atomic E-state index is -2.62. The summed E-state index contributed by atoms with van der Waals surface area (Å²) in [6.45, 7) is 0. The molecular weight excluding hydrogens is 383 g/mol. The topological polar surface area (TPSA) is 35.5 Å². The smallest absolute Gasteiger partial charge is 0.418 e. The van der Waals surface area contributed by atoms with Crippen molar-refractivity contribution in [2.45, 2.75) is 0 Å². The molecule has 0 amide bonds. The molecule has 0 saturated carbocycles. The number of halogens is 2. The van der Waals surface area contributed by atoms with E-state index in [1.165, 1.54) is 0 Å². The fourth-order valence-electron chi connectivity index (χ4n) is 1.27. The van der Waals surface area contributed by atoms with Gasteiger partial charge in [-0.15, -0.1) is 0 Å². The first-order valence-corrected chi connectivity index (χ1v) is 7.85. The Bertz CT molecular complexity index is 525. The van der Waals surface area contributed by atoms with Crippen LogP contribution in [0.2, 0.25) is 0 Å². The van der Waals surface area contributed by atoms with Crippen molar-refractivity contribution < 1.29 is 13.6 Å². The SMILES string of the molecule is O=[PH](Oc1cccc(Br)c1)Oc1cccc(Br)c1. The highest BCUT2D eigenvalue weighted by atomic mass is 79.9. The second-order valence-corrected chi connectivity index (χ2v) is 6.11. The molecule has 18 heavy (non-hydrogen) atoms. The van der Waals surface area contributed by atoms with Gasteiger partial charge in [0.05, 0.1) is 0 Å². The van der Waals surface area contributed by atoms with Gasteiger partial charge in [-0.2, -0.15) is 0 Å². The summed E-state index contributed by atoms with van der Waals surface area (Å²) < 4.78 is 23.9. The molecular formula is C12H9Br2O3P. The summed E-state index contributed by atoms with van der Waals surface area (Å²) >= 11 is 6.62. The molecule has 6 heteroatoms. The lowest BCUT2D eigenvalue weighted by molar-refractivity contribution is 0.415. The van der Waals surface area contributed by atoms with Crippen LogP contribution in [0.4, 0.5) is 0 Å². The average molecular weight is 392 g/mol. The lowest BCUT2D eigenvalue weighted by Crippen LogP contribution is -1.88. The molecule has 0 aliphatic rings. The minimum absolute atomic E-state index is 0.503. The van der Waals surface area contributed by atoms with E-state index in [1.54, 1.807) is 36.4 Å². The molecule has 0 aliphatic carbocycles. The highest BCUT2D eigenvalue weighted by Crippen LogP contribution is 2.32. The third-order valence-corrected chi connectivity index (χ3v) is 3.79. The van der Waals surface area contributed by atoms with Gasteiger partial charge in [-0.25, -0.2) is 4.57 Å². The summed E-state index contributed by atoms with van der Waals surface area (Å²) in [5, 5.41) is 0. The van der Waals surface area contributed by atoms with Crippen molar-refractivity contribution in [3.05, 3.63) is 57.5 Å². The van der Waals surface area contributed by atoms with Crippen LogP contribution in [0.25, 0.3) is 0 Å². The zero-order valence-corrected chi connectivity index (χ0v) is 13.3. The molecule has 0 bridgehead atoms. The molecule has 0 radical (unpaired) electrons. The first-order chi connectivity index (χ1) is 8.63. The molecule has 0 unspecified atom stereocenters. The highest BCUT2D eigenvalue weighted by Gasteiger charge is 2.04. The van der Waals surface area contributed by atoms with Crippen molar-refractivity contribution in [3.8, 4) is 11.5 Å². The number of hydrogen-bond acceptors (Lipinski definition) is 3. The number of rotatable bonds is 4. The largest absolute Gasteiger partial charge is 0.418 e. The van der Waals surface area contributed by atoms with Crippen molar-refractivity contribution >= 4 is 40.1 Å². The average Bonchev–Trinajstić information content (AvgIpc) is 2.28. The first-order valence-electron chi connectivity index (χ1n) is 5.04. The van der Waals surface area contributed by atoms with Gasteiger partial charge in [0, 0.05) is 8.95 Å². The zero-order valence-electron chi connectivity index (χ0n) is 9.10. The zero-order chi connectivity index (χ0) is 13.0. The first kappa shape index (κ1) is 13.7. The maximum absolute atomic E-state index is 11.7. The van der Waals surface area contributed by atoms with Crippen LogP contribution >= 0.6 is 40.1 Å². The third-order valence-electron chi connectivity index (χ3n) is 1.99. The summed E-state index contributed by atoms with van der Waals surface area (Å²) in [5.41, 5.74) is 0. The van der Waals surface area contributed by atoms with E-state index in [4.69, 9.17) is 9.05 Å². The molecule has 0 aliphatic heterocycles. The van der Waals surface area contributed by atoms with Crippen LogP contribution in [0.3, 0.4) is 0 Å². The van der Waals surface area contributed by atoms with Crippen LogP contribution in [0.5, 0.6) is 11.5 Å². The van der Waals surface area contributed by atoms with Gasteiger partial charge in [0.1, 0.15) is 11.5 Å². The van der Waals surface area contributed by atoms with Gasteiger partial charge >= 0.3 is 8.25 Å². The molecule has 0 N–H and O–H groups in total. The van der Waals surface area contributed by atoms with Crippen LogP contribution in [-0.4, -0.2) is 0 Å². The second-order valence-electron chi connectivity index (χ2n) is 3.37. The van der Waals surface area contributed by atoms with Crippen molar-refractivity contribution in [3.63, 3.8) is 0 Å². The van der Waals surface area contributed by atoms with Gasteiger partial charge in [0.2, 0.25) is 0 Å². The van der Waals surface area contributed by atoms with E-state index in [-0.39, 0.29) is 0 Å². The Morgan fingerprint density at radius 1 is 0.833 bits per heavy atom. The predicted octanol–water partition coefficient (Wildman–Crippen LogP) is 5.06. The maximum Gasteiger partial charge on any atom is 0.418 e. The van der Waals surface area contributed by atoms with Crippen LogP contribution < -0.4 is 9.05 Å². The van der Waals surface area contributed by atoms with E-state index in [9.17, 15) is 4.57 Å². The summed E-state index contributed by atoms with van der Waals surface area (Å²) in [4.78, 5) is 0. The maximum atomic E-state index is 11.7.